The highest BCUT2D eigenvalue weighted by atomic mass is 35.5. The van der Waals surface area contributed by atoms with Crippen LogP contribution in [-0.4, -0.2) is 65.8 Å². The van der Waals surface area contributed by atoms with Crippen molar-refractivity contribution in [2.24, 2.45) is 0 Å². The molecule has 3 aliphatic rings. The van der Waals surface area contributed by atoms with Crippen LogP contribution in [0.15, 0.2) is 42.5 Å². The van der Waals surface area contributed by atoms with E-state index in [1.807, 2.05) is 24.3 Å². The first kappa shape index (κ1) is 21.0. The third-order valence-corrected chi connectivity index (χ3v) is 6.80. The minimum atomic E-state index is -0.699. The molecule has 2 N–H and O–H groups in total. The number of anilines is 1. The van der Waals surface area contributed by atoms with Gasteiger partial charge in [-0.25, -0.2) is 0 Å². The van der Waals surface area contributed by atoms with Crippen molar-refractivity contribution in [3.63, 3.8) is 0 Å². The number of halogens is 1. The molecule has 2 aromatic rings. The molecule has 0 radical (unpaired) electrons. The predicted octanol–water partition coefficient (Wildman–Crippen LogP) is 2.75. The molecule has 0 bridgehead atoms. The summed E-state index contributed by atoms with van der Waals surface area (Å²) >= 11 is 5.99. The van der Waals surface area contributed by atoms with E-state index in [1.165, 1.54) is 0 Å². The Bertz CT molecular complexity index is 1070. The molecule has 5 rings (SSSR count). The van der Waals surface area contributed by atoms with Crippen LogP contribution in [0.25, 0.3) is 11.1 Å². The number of nitrogens with zero attached hydrogens (tertiary/aromatic N) is 2. The number of benzene rings is 2. The Morgan fingerprint density at radius 2 is 1.78 bits per heavy atom. The van der Waals surface area contributed by atoms with Gasteiger partial charge in [-0.1, -0.05) is 36.2 Å². The number of piperidine rings is 1. The van der Waals surface area contributed by atoms with Crippen molar-refractivity contribution >= 4 is 35.0 Å². The van der Waals surface area contributed by atoms with Gasteiger partial charge in [0.15, 0.2) is 0 Å². The monoisotopic (exact) mass is 452 g/mol. The van der Waals surface area contributed by atoms with Gasteiger partial charge in [0, 0.05) is 18.1 Å². The molecule has 3 amide bonds. The van der Waals surface area contributed by atoms with Crippen LogP contribution in [0.5, 0.6) is 0 Å². The van der Waals surface area contributed by atoms with E-state index in [-0.39, 0.29) is 30.3 Å². The molecule has 8 heteroatoms. The van der Waals surface area contributed by atoms with Gasteiger partial charge in [0.25, 0.3) is 5.91 Å². The Kier molecular flexibility index (Phi) is 5.61. The molecule has 0 aliphatic carbocycles. The molecule has 2 saturated heterocycles. The number of fused-ring (bicyclic) bond motifs is 2. The highest BCUT2D eigenvalue weighted by Gasteiger charge is 2.41. The van der Waals surface area contributed by atoms with Crippen LogP contribution in [0.3, 0.4) is 0 Å². The smallest absolute Gasteiger partial charge is 0.256 e. The van der Waals surface area contributed by atoms with E-state index in [0.717, 1.165) is 36.9 Å². The molecule has 0 aromatic heterocycles. The summed E-state index contributed by atoms with van der Waals surface area (Å²) in [6, 6.07) is 12.0. The lowest BCUT2D eigenvalue weighted by molar-refractivity contribution is -0.138. The van der Waals surface area contributed by atoms with Gasteiger partial charge in [-0.05, 0) is 54.8 Å². The first-order valence-electron chi connectivity index (χ1n) is 11.1. The van der Waals surface area contributed by atoms with Gasteiger partial charge in [-0.3, -0.25) is 14.4 Å². The van der Waals surface area contributed by atoms with Crippen LogP contribution in [0.2, 0.25) is 5.02 Å². The zero-order valence-corrected chi connectivity index (χ0v) is 18.4. The van der Waals surface area contributed by atoms with Crippen LogP contribution in [0.4, 0.5) is 5.69 Å². The Balaban J connectivity index is 1.39. The summed E-state index contributed by atoms with van der Waals surface area (Å²) in [6.07, 6.45) is 2.91. The highest BCUT2D eigenvalue weighted by molar-refractivity contribution is 6.30. The summed E-state index contributed by atoms with van der Waals surface area (Å²) in [5.41, 5.74) is 2.77. The average molecular weight is 453 g/mol. The zero-order chi connectivity index (χ0) is 22.2. The molecule has 7 nitrogen and oxygen atoms in total. The third-order valence-electron chi connectivity index (χ3n) is 6.55. The van der Waals surface area contributed by atoms with Crippen molar-refractivity contribution in [1.29, 1.82) is 0 Å². The first-order chi connectivity index (χ1) is 15.5. The largest absolute Gasteiger partial charge is 0.337 e. The summed E-state index contributed by atoms with van der Waals surface area (Å²) in [7, 11) is 0. The van der Waals surface area contributed by atoms with E-state index in [1.54, 1.807) is 28.0 Å². The van der Waals surface area contributed by atoms with Gasteiger partial charge < -0.3 is 20.4 Å². The molecular weight excluding hydrogens is 428 g/mol. The normalized spacial score (nSPS) is 23.2. The second kappa shape index (κ2) is 8.56. The van der Waals surface area contributed by atoms with E-state index in [2.05, 4.69) is 10.6 Å². The highest BCUT2D eigenvalue weighted by Crippen LogP contribution is 2.31. The Labute approximate surface area is 191 Å². The fourth-order valence-corrected chi connectivity index (χ4v) is 4.88. The van der Waals surface area contributed by atoms with Gasteiger partial charge in [-0.15, -0.1) is 0 Å². The standard InChI is InChI=1S/C24H25ClN4O3/c25-17-7-4-15(5-8-17)16-6-9-19-18(13-16)23(31)29-12-11-28(14-21(29)22(30)27-19)24(32)20-3-1-2-10-26-20/h4-9,13,20-21,26H,1-3,10-12,14H2,(H,27,30)/t20-,21?/m0/s1. The molecular formula is C24H25ClN4O3. The first-order valence-corrected chi connectivity index (χ1v) is 11.4. The quantitative estimate of drug-likeness (QED) is 0.734. The van der Waals surface area contributed by atoms with Gasteiger partial charge in [-0.2, -0.15) is 0 Å². The van der Waals surface area contributed by atoms with E-state index in [9.17, 15) is 14.4 Å². The number of rotatable bonds is 2. The van der Waals surface area contributed by atoms with Crippen LogP contribution in [-0.2, 0) is 9.59 Å². The van der Waals surface area contributed by atoms with Crippen LogP contribution < -0.4 is 10.6 Å². The molecule has 3 heterocycles. The molecule has 166 valence electrons. The predicted molar refractivity (Wildman–Crippen MR) is 123 cm³/mol. The third kappa shape index (κ3) is 3.87. The number of hydrogen-bond donors (Lipinski definition) is 2. The van der Waals surface area contributed by atoms with E-state index in [0.29, 0.717) is 29.4 Å². The number of hydrogen-bond acceptors (Lipinski definition) is 4. The Morgan fingerprint density at radius 1 is 1.00 bits per heavy atom. The summed E-state index contributed by atoms with van der Waals surface area (Å²) < 4.78 is 0. The number of carbonyl (C=O) groups excluding carboxylic acids is 3. The summed E-state index contributed by atoms with van der Waals surface area (Å²) in [6.45, 7) is 1.81. The van der Waals surface area contributed by atoms with Crippen molar-refractivity contribution in [3.05, 3.63) is 53.1 Å². The molecule has 1 unspecified atom stereocenters. The average Bonchev–Trinajstić information content (AvgIpc) is 2.93. The van der Waals surface area contributed by atoms with E-state index < -0.39 is 6.04 Å². The van der Waals surface area contributed by atoms with Crippen molar-refractivity contribution < 1.29 is 14.4 Å². The molecule has 2 aromatic carbocycles. The minimum absolute atomic E-state index is 0.0244. The molecule has 32 heavy (non-hydrogen) atoms. The van der Waals surface area contributed by atoms with Crippen molar-refractivity contribution in [2.45, 2.75) is 31.3 Å². The van der Waals surface area contributed by atoms with Crippen LogP contribution >= 0.6 is 11.6 Å². The maximum Gasteiger partial charge on any atom is 0.256 e. The van der Waals surface area contributed by atoms with E-state index in [4.69, 9.17) is 11.6 Å². The van der Waals surface area contributed by atoms with Gasteiger partial charge in [0.2, 0.25) is 11.8 Å². The Hall–Kier alpha value is -2.90. The van der Waals surface area contributed by atoms with Crippen molar-refractivity contribution in [2.75, 3.05) is 31.5 Å². The lowest BCUT2D eigenvalue weighted by atomic mass is 10.0. The maximum atomic E-state index is 13.4. The number of carbonyl (C=O) groups is 3. The summed E-state index contributed by atoms with van der Waals surface area (Å²) in [5, 5.41) is 6.83. The van der Waals surface area contributed by atoms with Crippen molar-refractivity contribution in [3.8, 4) is 11.1 Å². The molecule has 0 spiro atoms. The lowest BCUT2D eigenvalue weighted by Crippen LogP contribution is -2.62. The number of piperazine rings is 1. The summed E-state index contributed by atoms with van der Waals surface area (Å²) in [5.74, 6) is -0.427. The molecule has 2 atom stereocenters. The molecule has 0 saturated carbocycles. The van der Waals surface area contributed by atoms with Crippen LogP contribution in [0.1, 0.15) is 29.6 Å². The maximum absolute atomic E-state index is 13.4. The SMILES string of the molecule is O=C1Nc2ccc(-c3ccc(Cl)cc3)cc2C(=O)N2CCN(C(=O)[C@@H]3CCCCN3)CC12. The van der Waals surface area contributed by atoms with E-state index >= 15 is 0 Å². The van der Waals surface area contributed by atoms with Gasteiger partial charge in [0.05, 0.1) is 23.8 Å². The lowest BCUT2D eigenvalue weighted by Gasteiger charge is -2.41. The number of amides is 3. The molecule has 2 fully saturated rings. The fraction of sp³-hybridized carbons (Fsp3) is 0.375. The fourth-order valence-electron chi connectivity index (χ4n) is 4.76. The topological polar surface area (TPSA) is 81.8 Å². The number of nitrogens with one attached hydrogen (secondary N) is 2. The minimum Gasteiger partial charge on any atom is -0.337 e. The molecule has 3 aliphatic heterocycles. The second-order valence-electron chi connectivity index (χ2n) is 8.56. The van der Waals surface area contributed by atoms with Crippen LogP contribution in [0, 0.1) is 0 Å². The zero-order valence-electron chi connectivity index (χ0n) is 17.6. The second-order valence-corrected chi connectivity index (χ2v) is 8.99. The summed E-state index contributed by atoms with van der Waals surface area (Å²) in [4.78, 5) is 42.7. The van der Waals surface area contributed by atoms with Gasteiger partial charge >= 0.3 is 0 Å². The van der Waals surface area contributed by atoms with Gasteiger partial charge in [0.1, 0.15) is 6.04 Å². The van der Waals surface area contributed by atoms with Crippen molar-refractivity contribution in [1.82, 2.24) is 15.1 Å². The Morgan fingerprint density at radius 3 is 2.53 bits per heavy atom.